The Morgan fingerprint density at radius 3 is 2.52 bits per heavy atom. The van der Waals surface area contributed by atoms with Crippen LogP contribution in [0.5, 0.6) is 0 Å². The summed E-state index contributed by atoms with van der Waals surface area (Å²) in [6.07, 6.45) is 5.29. The number of nitrogens with zero attached hydrogens (tertiary/aromatic N) is 1. The van der Waals surface area contributed by atoms with Gasteiger partial charge in [0.15, 0.2) is 6.61 Å². The lowest BCUT2D eigenvalue weighted by atomic mass is 9.86. The van der Waals surface area contributed by atoms with E-state index in [1.54, 1.807) is 0 Å². The molecule has 0 aromatic heterocycles. The second kappa shape index (κ2) is 8.55. The van der Waals surface area contributed by atoms with Crippen LogP contribution in [0.2, 0.25) is 0 Å². The SMILES string of the molecule is Cc1ccc(NC(=O)CN(C)C(=O)COC(=O)C[C@@H]2C[C@@H]3CC[C@@H]2C3)cc1. The maximum Gasteiger partial charge on any atom is 0.306 e. The molecule has 0 heterocycles. The Kier molecular flexibility index (Phi) is 6.14. The Bertz CT molecular complexity index is 701. The monoisotopic (exact) mass is 372 g/mol. The van der Waals surface area contributed by atoms with E-state index in [2.05, 4.69) is 5.32 Å². The molecule has 3 rings (SSSR count). The predicted molar refractivity (Wildman–Crippen MR) is 102 cm³/mol. The molecule has 146 valence electrons. The van der Waals surface area contributed by atoms with E-state index in [-0.39, 0.29) is 30.9 Å². The number of ether oxygens (including phenoxy) is 1. The van der Waals surface area contributed by atoms with Gasteiger partial charge in [-0.3, -0.25) is 14.4 Å². The van der Waals surface area contributed by atoms with Crippen molar-refractivity contribution in [3.05, 3.63) is 29.8 Å². The first-order valence-corrected chi connectivity index (χ1v) is 9.67. The summed E-state index contributed by atoms with van der Waals surface area (Å²) in [4.78, 5) is 37.4. The van der Waals surface area contributed by atoms with Gasteiger partial charge in [0.1, 0.15) is 0 Å². The van der Waals surface area contributed by atoms with Crippen LogP contribution in [0.15, 0.2) is 24.3 Å². The first-order chi connectivity index (χ1) is 12.9. The summed E-state index contributed by atoms with van der Waals surface area (Å²) in [7, 11) is 1.53. The van der Waals surface area contributed by atoms with Crippen molar-refractivity contribution in [1.29, 1.82) is 0 Å². The number of carbonyl (C=O) groups excluding carboxylic acids is 3. The number of likely N-dealkylation sites (N-methyl/N-ethyl adjacent to an activating group) is 1. The van der Waals surface area contributed by atoms with Crippen molar-refractivity contribution in [1.82, 2.24) is 4.90 Å². The van der Waals surface area contributed by atoms with Gasteiger partial charge in [-0.15, -0.1) is 0 Å². The van der Waals surface area contributed by atoms with Crippen LogP contribution in [-0.4, -0.2) is 42.9 Å². The highest BCUT2D eigenvalue weighted by atomic mass is 16.5. The van der Waals surface area contributed by atoms with E-state index in [1.165, 1.54) is 31.2 Å². The molecule has 3 atom stereocenters. The highest BCUT2D eigenvalue weighted by molar-refractivity contribution is 5.94. The molecular weight excluding hydrogens is 344 g/mol. The first-order valence-electron chi connectivity index (χ1n) is 9.67. The minimum Gasteiger partial charge on any atom is -0.456 e. The van der Waals surface area contributed by atoms with Crippen molar-refractivity contribution in [2.75, 3.05) is 25.5 Å². The summed E-state index contributed by atoms with van der Waals surface area (Å²) in [5.41, 5.74) is 1.79. The van der Waals surface area contributed by atoms with Gasteiger partial charge in [-0.1, -0.05) is 24.1 Å². The lowest BCUT2D eigenvalue weighted by molar-refractivity contribution is -0.152. The van der Waals surface area contributed by atoms with E-state index in [1.807, 2.05) is 31.2 Å². The number of nitrogens with one attached hydrogen (secondary N) is 1. The average molecular weight is 372 g/mol. The van der Waals surface area contributed by atoms with Crippen LogP contribution in [-0.2, 0) is 19.1 Å². The summed E-state index contributed by atoms with van der Waals surface area (Å²) in [5, 5.41) is 2.74. The zero-order chi connectivity index (χ0) is 19.4. The number of aryl methyl sites for hydroxylation is 1. The number of hydrogen-bond donors (Lipinski definition) is 1. The second-order valence-corrected chi connectivity index (χ2v) is 7.96. The van der Waals surface area contributed by atoms with Crippen LogP contribution in [0.25, 0.3) is 0 Å². The molecule has 0 radical (unpaired) electrons. The number of fused-ring (bicyclic) bond motifs is 2. The number of amides is 2. The van der Waals surface area contributed by atoms with Crippen molar-refractivity contribution in [2.45, 2.75) is 39.0 Å². The fraction of sp³-hybridized carbons (Fsp3) is 0.571. The van der Waals surface area contributed by atoms with E-state index in [0.717, 1.165) is 17.9 Å². The van der Waals surface area contributed by atoms with Crippen LogP contribution in [0.4, 0.5) is 5.69 Å². The van der Waals surface area contributed by atoms with Gasteiger partial charge < -0.3 is 15.0 Å². The molecule has 0 spiro atoms. The Morgan fingerprint density at radius 1 is 1.15 bits per heavy atom. The van der Waals surface area contributed by atoms with Crippen LogP contribution in [0, 0.1) is 24.7 Å². The standard InChI is InChI=1S/C21H28N2O4/c1-14-3-7-18(8-4-14)22-19(24)12-23(2)20(25)13-27-21(26)11-17-10-15-5-6-16(17)9-15/h3-4,7-8,15-17H,5-6,9-13H2,1-2H3,(H,22,24)/t15-,16-,17+/m1/s1. The number of esters is 1. The topological polar surface area (TPSA) is 75.7 Å². The summed E-state index contributed by atoms with van der Waals surface area (Å²) in [6.45, 7) is 1.57. The van der Waals surface area contributed by atoms with Crippen molar-refractivity contribution in [3.8, 4) is 0 Å². The molecule has 0 unspecified atom stereocenters. The van der Waals surface area contributed by atoms with Crippen molar-refractivity contribution in [2.24, 2.45) is 17.8 Å². The number of benzene rings is 1. The number of anilines is 1. The van der Waals surface area contributed by atoms with Gasteiger partial charge in [0, 0.05) is 19.2 Å². The third-order valence-electron chi connectivity index (χ3n) is 5.81. The molecule has 1 aromatic carbocycles. The van der Waals surface area contributed by atoms with E-state index in [0.29, 0.717) is 23.9 Å². The fourth-order valence-electron chi connectivity index (χ4n) is 4.29. The molecule has 6 nitrogen and oxygen atoms in total. The van der Waals surface area contributed by atoms with E-state index in [4.69, 9.17) is 4.74 Å². The van der Waals surface area contributed by atoms with Gasteiger partial charge >= 0.3 is 5.97 Å². The molecule has 6 heteroatoms. The summed E-state index contributed by atoms with van der Waals surface area (Å²) < 4.78 is 5.15. The summed E-state index contributed by atoms with van der Waals surface area (Å²) in [6, 6.07) is 7.43. The lowest BCUT2D eigenvalue weighted by Crippen LogP contribution is -2.37. The molecule has 0 aliphatic heterocycles. The van der Waals surface area contributed by atoms with Gasteiger partial charge in [0.05, 0.1) is 6.54 Å². The first kappa shape index (κ1) is 19.4. The predicted octanol–water partition coefficient (Wildman–Crippen LogP) is 2.76. The minimum absolute atomic E-state index is 0.0867. The van der Waals surface area contributed by atoms with Crippen LogP contribution < -0.4 is 5.32 Å². The lowest BCUT2D eigenvalue weighted by Gasteiger charge is -2.21. The quantitative estimate of drug-likeness (QED) is 0.747. The highest BCUT2D eigenvalue weighted by Crippen LogP contribution is 2.49. The Labute approximate surface area is 160 Å². The van der Waals surface area contributed by atoms with Crippen LogP contribution in [0.3, 0.4) is 0 Å². The summed E-state index contributed by atoms with van der Waals surface area (Å²) in [5.74, 6) is 0.889. The maximum absolute atomic E-state index is 12.1. The number of rotatable bonds is 7. The molecule has 2 aliphatic rings. The molecule has 27 heavy (non-hydrogen) atoms. The van der Waals surface area contributed by atoms with Crippen LogP contribution in [0.1, 0.15) is 37.7 Å². The third kappa shape index (κ3) is 5.31. The van der Waals surface area contributed by atoms with Gasteiger partial charge in [-0.05, 0) is 56.1 Å². The third-order valence-corrected chi connectivity index (χ3v) is 5.81. The maximum atomic E-state index is 12.1. The van der Waals surface area contributed by atoms with Crippen LogP contribution >= 0.6 is 0 Å². The molecule has 2 saturated carbocycles. The average Bonchev–Trinajstić information content (AvgIpc) is 3.24. The van der Waals surface area contributed by atoms with Crippen molar-refractivity contribution >= 4 is 23.5 Å². The molecule has 2 fully saturated rings. The van der Waals surface area contributed by atoms with E-state index < -0.39 is 0 Å². The minimum atomic E-state index is -0.379. The number of hydrogen-bond acceptors (Lipinski definition) is 4. The highest BCUT2D eigenvalue weighted by Gasteiger charge is 2.40. The molecule has 1 N–H and O–H groups in total. The molecule has 2 bridgehead atoms. The van der Waals surface area contributed by atoms with Crippen molar-refractivity contribution < 1.29 is 19.1 Å². The zero-order valence-corrected chi connectivity index (χ0v) is 16.1. The van der Waals surface area contributed by atoms with Gasteiger partial charge in [0.2, 0.25) is 5.91 Å². The van der Waals surface area contributed by atoms with Gasteiger partial charge in [-0.2, -0.15) is 0 Å². The molecule has 1 aromatic rings. The Morgan fingerprint density at radius 2 is 1.89 bits per heavy atom. The Balaban J connectivity index is 1.36. The molecular formula is C21H28N2O4. The summed E-state index contributed by atoms with van der Waals surface area (Å²) >= 11 is 0. The largest absolute Gasteiger partial charge is 0.456 e. The van der Waals surface area contributed by atoms with Crippen molar-refractivity contribution in [3.63, 3.8) is 0 Å². The molecule has 2 aliphatic carbocycles. The smallest absolute Gasteiger partial charge is 0.306 e. The fourth-order valence-corrected chi connectivity index (χ4v) is 4.29. The van der Waals surface area contributed by atoms with E-state index >= 15 is 0 Å². The zero-order valence-electron chi connectivity index (χ0n) is 16.1. The molecule has 0 saturated heterocycles. The number of carbonyl (C=O) groups is 3. The van der Waals surface area contributed by atoms with Gasteiger partial charge in [-0.25, -0.2) is 0 Å². The molecule has 2 amide bonds. The second-order valence-electron chi connectivity index (χ2n) is 7.96. The van der Waals surface area contributed by atoms with E-state index in [9.17, 15) is 14.4 Å². The van der Waals surface area contributed by atoms with Gasteiger partial charge in [0.25, 0.3) is 5.91 Å². The normalized spacial score (nSPS) is 23.1. The Hall–Kier alpha value is -2.37.